The van der Waals surface area contributed by atoms with Crippen molar-refractivity contribution in [2.24, 2.45) is 0 Å². The Morgan fingerprint density at radius 2 is 2.12 bits per heavy atom. The number of nitrogens with one attached hydrogen (secondary N) is 1. The number of hydrogen-bond donors (Lipinski definition) is 2. The van der Waals surface area contributed by atoms with Gasteiger partial charge in [0.25, 0.3) is 0 Å². The van der Waals surface area contributed by atoms with Crippen molar-refractivity contribution in [2.75, 3.05) is 23.3 Å². The molecule has 3 rings (SSSR count). The van der Waals surface area contributed by atoms with Gasteiger partial charge in [0.05, 0.1) is 6.10 Å². The quantitative estimate of drug-likeness (QED) is 0.900. The lowest BCUT2D eigenvalue weighted by atomic mass is 10.1. The zero-order valence-corrected chi connectivity index (χ0v) is 13.5. The normalized spacial score (nSPS) is 17.8. The van der Waals surface area contributed by atoms with Gasteiger partial charge in [0.1, 0.15) is 5.82 Å². The zero-order chi connectivity index (χ0) is 17.1. The minimum atomic E-state index is -0.849. The Labute approximate surface area is 139 Å². The standard InChI is InChI=1S/C17H20F2N4O/c1-11-4-5-12(16(19)15(11)18)9-21-17-20-7-6-14(22-17)23-8-2-3-13(24)10-23/h4-7,13,24H,2-3,8-10H2,1H3,(H,20,21,22). The summed E-state index contributed by atoms with van der Waals surface area (Å²) in [7, 11) is 0. The molecule has 5 nitrogen and oxygen atoms in total. The van der Waals surface area contributed by atoms with Crippen LogP contribution in [0.5, 0.6) is 0 Å². The van der Waals surface area contributed by atoms with E-state index in [9.17, 15) is 13.9 Å². The predicted molar refractivity (Wildman–Crippen MR) is 87.9 cm³/mol. The molecule has 0 radical (unpaired) electrons. The molecule has 1 atom stereocenters. The molecule has 0 saturated carbocycles. The molecule has 0 spiro atoms. The molecule has 0 aliphatic carbocycles. The average Bonchev–Trinajstić information content (AvgIpc) is 2.59. The Hall–Kier alpha value is -2.28. The number of nitrogens with zero attached hydrogens (tertiary/aromatic N) is 3. The topological polar surface area (TPSA) is 61.3 Å². The van der Waals surface area contributed by atoms with Gasteiger partial charge in [-0.3, -0.25) is 0 Å². The molecule has 1 saturated heterocycles. The van der Waals surface area contributed by atoms with E-state index >= 15 is 0 Å². The van der Waals surface area contributed by atoms with Crippen molar-refractivity contribution >= 4 is 11.8 Å². The molecule has 1 fully saturated rings. The number of aryl methyl sites for hydroxylation is 1. The van der Waals surface area contributed by atoms with Crippen LogP contribution in [0, 0.1) is 18.6 Å². The highest BCUT2D eigenvalue weighted by molar-refractivity contribution is 5.43. The van der Waals surface area contributed by atoms with Crippen LogP contribution in [0.25, 0.3) is 0 Å². The van der Waals surface area contributed by atoms with E-state index in [1.165, 1.54) is 6.92 Å². The Balaban J connectivity index is 1.70. The summed E-state index contributed by atoms with van der Waals surface area (Å²) in [5.41, 5.74) is 0.499. The van der Waals surface area contributed by atoms with Crippen LogP contribution in [0.2, 0.25) is 0 Å². The Morgan fingerprint density at radius 3 is 2.92 bits per heavy atom. The van der Waals surface area contributed by atoms with Gasteiger partial charge in [-0.15, -0.1) is 0 Å². The van der Waals surface area contributed by atoms with Crippen LogP contribution in [-0.2, 0) is 6.54 Å². The fourth-order valence-corrected chi connectivity index (χ4v) is 2.77. The highest BCUT2D eigenvalue weighted by Gasteiger charge is 2.19. The molecular weight excluding hydrogens is 314 g/mol. The number of β-amino-alcohol motifs (C(OH)–C–C–N with tert-alkyl or cyclic N) is 1. The van der Waals surface area contributed by atoms with Crippen molar-refractivity contribution in [3.8, 4) is 0 Å². The van der Waals surface area contributed by atoms with Crippen molar-refractivity contribution in [2.45, 2.75) is 32.4 Å². The monoisotopic (exact) mass is 334 g/mol. The van der Waals surface area contributed by atoms with Gasteiger partial charge in [-0.25, -0.2) is 13.8 Å². The third kappa shape index (κ3) is 3.62. The number of aliphatic hydroxyl groups is 1. The minimum Gasteiger partial charge on any atom is -0.391 e. The lowest BCUT2D eigenvalue weighted by Crippen LogP contribution is -2.38. The fourth-order valence-electron chi connectivity index (χ4n) is 2.77. The van der Waals surface area contributed by atoms with E-state index in [0.717, 1.165) is 19.4 Å². The summed E-state index contributed by atoms with van der Waals surface area (Å²) in [4.78, 5) is 10.5. The zero-order valence-electron chi connectivity index (χ0n) is 13.5. The number of rotatable bonds is 4. The maximum atomic E-state index is 13.9. The summed E-state index contributed by atoms with van der Waals surface area (Å²) in [6.07, 6.45) is 2.96. The van der Waals surface area contributed by atoms with Crippen LogP contribution in [0.3, 0.4) is 0 Å². The number of hydrogen-bond acceptors (Lipinski definition) is 5. The van der Waals surface area contributed by atoms with Crippen LogP contribution in [0.15, 0.2) is 24.4 Å². The number of aliphatic hydroxyl groups excluding tert-OH is 1. The summed E-state index contributed by atoms with van der Waals surface area (Å²) in [5, 5.41) is 12.7. The smallest absolute Gasteiger partial charge is 0.224 e. The molecule has 1 unspecified atom stereocenters. The highest BCUT2D eigenvalue weighted by Crippen LogP contribution is 2.20. The van der Waals surface area contributed by atoms with Gasteiger partial charge in [-0.05, 0) is 31.4 Å². The molecule has 1 aliphatic heterocycles. The lowest BCUT2D eigenvalue weighted by molar-refractivity contribution is 0.154. The van der Waals surface area contributed by atoms with Crippen molar-refractivity contribution in [1.29, 1.82) is 0 Å². The second-order valence-corrected chi connectivity index (χ2v) is 6.00. The molecule has 0 amide bonds. The van der Waals surface area contributed by atoms with Gasteiger partial charge in [-0.2, -0.15) is 4.98 Å². The third-order valence-electron chi connectivity index (χ3n) is 4.15. The SMILES string of the molecule is Cc1ccc(CNc2nccc(N3CCCC(O)C3)n2)c(F)c1F. The maximum absolute atomic E-state index is 13.9. The summed E-state index contributed by atoms with van der Waals surface area (Å²) in [6, 6.07) is 4.86. The summed E-state index contributed by atoms with van der Waals surface area (Å²) in [5.74, 6) is -0.626. The molecule has 2 aromatic rings. The molecular formula is C17H20F2N4O. The lowest BCUT2D eigenvalue weighted by Gasteiger charge is -2.31. The van der Waals surface area contributed by atoms with Crippen LogP contribution in [0.4, 0.5) is 20.5 Å². The number of anilines is 2. The molecule has 1 aromatic carbocycles. The number of piperidine rings is 1. The van der Waals surface area contributed by atoms with Gasteiger partial charge in [0.2, 0.25) is 5.95 Å². The fraction of sp³-hybridized carbons (Fsp3) is 0.412. The third-order valence-corrected chi connectivity index (χ3v) is 4.15. The molecule has 0 bridgehead atoms. The van der Waals surface area contributed by atoms with Gasteiger partial charge < -0.3 is 15.3 Å². The summed E-state index contributed by atoms with van der Waals surface area (Å²) in [6.45, 7) is 2.98. The van der Waals surface area contributed by atoms with E-state index in [1.807, 2.05) is 4.90 Å². The molecule has 1 aliphatic rings. The maximum Gasteiger partial charge on any atom is 0.224 e. The van der Waals surface area contributed by atoms with Crippen molar-refractivity contribution in [3.63, 3.8) is 0 Å². The summed E-state index contributed by atoms with van der Waals surface area (Å²) < 4.78 is 27.5. The molecule has 128 valence electrons. The first-order valence-electron chi connectivity index (χ1n) is 7.98. The van der Waals surface area contributed by atoms with Crippen LogP contribution < -0.4 is 10.2 Å². The Bertz CT molecular complexity index is 726. The molecule has 24 heavy (non-hydrogen) atoms. The number of benzene rings is 1. The second kappa shape index (κ2) is 7.09. The van der Waals surface area contributed by atoms with E-state index in [4.69, 9.17) is 0 Å². The van der Waals surface area contributed by atoms with E-state index in [0.29, 0.717) is 18.3 Å². The second-order valence-electron chi connectivity index (χ2n) is 6.00. The molecule has 2 heterocycles. The minimum absolute atomic E-state index is 0.0924. The van der Waals surface area contributed by atoms with Crippen molar-refractivity contribution in [3.05, 3.63) is 47.2 Å². The van der Waals surface area contributed by atoms with E-state index < -0.39 is 11.6 Å². The number of aromatic nitrogens is 2. The first-order valence-corrected chi connectivity index (χ1v) is 7.98. The summed E-state index contributed by atoms with van der Waals surface area (Å²) >= 11 is 0. The van der Waals surface area contributed by atoms with Crippen molar-refractivity contribution < 1.29 is 13.9 Å². The van der Waals surface area contributed by atoms with Gasteiger partial charge >= 0.3 is 0 Å². The van der Waals surface area contributed by atoms with E-state index in [-0.39, 0.29) is 23.8 Å². The molecule has 2 N–H and O–H groups in total. The van der Waals surface area contributed by atoms with Crippen LogP contribution in [-0.4, -0.2) is 34.3 Å². The average molecular weight is 334 g/mol. The van der Waals surface area contributed by atoms with Gasteiger partial charge in [0, 0.05) is 31.4 Å². The van der Waals surface area contributed by atoms with Crippen molar-refractivity contribution in [1.82, 2.24) is 9.97 Å². The van der Waals surface area contributed by atoms with Crippen LogP contribution in [0.1, 0.15) is 24.0 Å². The largest absolute Gasteiger partial charge is 0.391 e. The Kier molecular flexibility index (Phi) is 4.89. The first-order chi connectivity index (χ1) is 11.5. The first kappa shape index (κ1) is 16.6. The van der Waals surface area contributed by atoms with Crippen LogP contribution >= 0.6 is 0 Å². The van der Waals surface area contributed by atoms with E-state index in [1.54, 1.807) is 24.4 Å². The highest BCUT2D eigenvalue weighted by atomic mass is 19.2. The number of halogens is 2. The molecule has 1 aromatic heterocycles. The van der Waals surface area contributed by atoms with Gasteiger partial charge in [0.15, 0.2) is 11.6 Å². The van der Waals surface area contributed by atoms with Gasteiger partial charge in [-0.1, -0.05) is 12.1 Å². The predicted octanol–water partition coefficient (Wildman–Crippen LogP) is 2.64. The molecule has 7 heteroatoms. The Morgan fingerprint density at radius 1 is 1.29 bits per heavy atom. The van der Waals surface area contributed by atoms with E-state index in [2.05, 4.69) is 15.3 Å².